The number of nitrogens with one attached hydrogen (secondary N) is 1. The number of hydrogen-bond donors (Lipinski definition) is 1. The highest BCUT2D eigenvalue weighted by Gasteiger charge is 2.21. The van der Waals surface area contributed by atoms with Crippen molar-refractivity contribution in [1.82, 2.24) is 10.2 Å². The molecule has 0 aromatic heterocycles. The topological polar surface area (TPSA) is 94.2 Å². The highest BCUT2D eigenvalue weighted by atomic mass is 32.2. The van der Waals surface area contributed by atoms with E-state index < -0.39 is 10.1 Å². The Morgan fingerprint density at radius 2 is 1.89 bits per heavy atom. The summed E-state index contributed by atoms with van der Waals surface area (Å²) in [6.45, 7) is 1.12. The third-order valence-corrected chi connectivity index (χ3v) is 5.11. The number of ether oxygens (including phenoxy) is 2. The Bertz CT molecular complexity index is 747. The number of rotatable bonds is 9. The third-order valence-electron chi connectivity index (χ3n) is 4.63. The number of urea groups is 1. The fraction of sp³-hybridized carbons (Fsp3) is 0.632. The van der Waals surface area contributed by atoms with Gasteiger partial charge in [-0.15, -0.1) is 0 Å². The zero-order valence-electron chi connectivity index (χ0n) is 16.8. The summed E-state index contributed by atoms with van der Waals surface area (Å²) >= 11 is 0. The Labute approximate surface area is 167 Å². The Morgan fingerprint density at radius 3 is 2.50 bits per heavy atom. The number of carbonyl (C=O) groups is 1. The van der Waals surface area contributed by atoms with Gasteiger partial charge in [0.25, 0.3) is 0 Å². The van der Waals surface area contributed by atoms with Crippen LogP contribution in [0.1, 0.15) is 37.7 Å². The number of hydrogen-bond acceptors (Lipinski definition) is 6. The van der Waals surface area contributed by atoms with Crippen LogP contribution in [-0.4, -0.2) is 59.0 Å². The fourth-order valence-electron chi connectivity index (χ4n) is 3.23. The Kier molecular flexibility index (Phi) is 8.37. The van der Waals surface area contributed by atoms with E-state index in [1.165, 1.54) is 13.5 Å². The van der Waals surface area contributed by atoms with Gasteiger partial charge in [0.1, 0.15) is 0 Å². The van der Waals surface area contributed by atoms with Gasteiger partial charge in [-0.25, -0.2) is 4.79 Å². The molecule has 2 amide bonds. The lowest BCUT2D eigenvalue weighted by Gasteiger charge is -2.28. The van der Waals surface area contributed by atoms with Gasteiger partial charge in [-0.2, -0.15) is 8.42 Å². The summed E-state index contributed by atoms with van der Waals surface area (Å²) in [7, 11) is -0.674. The van der Waals surface area contributed by atoms with Gasteiger partial charge in [0.05, 0.1) is 20.0 Å². The molecule has 1 aromatic carbocycles. The predicted octanol–water partition coefficient (Wildman–Crippen LogP) is 2.52. The van der Waals surface area contributed by atoms with E-state index in [2.05, 4.69) is 5.32 Å². The molecule has 2 rings (SSSR count). The number of methoxy groups -OCH3 is 2. The van der Waals surface area contributed by atoms with Crippen LogP contribution in [0.5, 0.6) is 11.5 Å². The summed E-state index contributed by atoms with van der Waals surface area (Å²) in [5, 5.41) is 3.10. The monoisotopic (exact) mass is 414 g/mol. The Hall–Kier alpha value is -2.00. The molecular weight excluding hydrogens is 384 g/mol. The van der Waals surface area contributed by atoms with Gasteiger partial charge < -0.3 is 23.9 Å². The normalized spacial score (nSPS) is 15.1. The van der Waals surface area contributed by atoms with Gasteiger partial charge >= 0.3 is 16.1 Å². The molecular formula is C19H30N2O6S. The van der Waals surface area contributed by atoms with Crippen molar-refractivity contribution >= 4 is 16.1 Å². The molecule has 158 valence electrons. The third kappa shape index (κ3) is 7.20. The van der Waals surface area contributed by atoms with E-state index in [0.29, 0.717) is 25.4 Å². The molecule has 0 saturated heterocycles. The van der Waals surface area contributed by atoms with Gasteiger partial charge in [-0.1, -0.05) is 25.3 Å². The molecule has 0 atom stereocenters. The molecule has 1 aliphatic rings. The van der Waals surface area contributed by atoms with Crippen molar-refractivity contribution in [3.05, 3.63) is 23.8 Å². The van der Waals surface area contributed by atoms with E-state index in [-0.39, 0.29) is 17.8 Å². The lowest BCUT2D eigenvalue weighted by molar-refractivity contribution is 0.143. The largest absolute Gasteiger partial charge is 0.493 e. The smallest absolute Gasteiger partial charge is 0.317 e. The van der Waals surface area contributed by atoms with Crippen LogP contribution in [-0.2, 0) is 21.4 Å². The number of carbonyl (C=O) groups excluding carboxylic acids is 1. The van der Waals surface area contributed by atoms with E-state index >= 15 is 0 Å². The summed E-state index contributed by atoms with van der Waals surface area (Å²) < 4.78 is 38.3. The Balaban J connectivity index is 2.13. The lowest BCUT2D eigenvalue weighted by atomic mass is 9.96. The van der Waals surface area contributed by atoms with E-state index in [1.54, 1.807) is 30.2 Å². The summed E-state index contributed by atoms with van der Waals surface area (Å²) in [5.41, 5.74) is 0.731. The first kappa shape index (κ1) is 22.3. The summed E-state index contributed by atoms with van der Waals surface area (Å²) in [4.78, 5) is 14.4. The van der Waals surface area contributed by atoms with Crippen LogP contribution in [0.15, 0.2) is 18.2 Å². The van der Waals surface area contributed by atoms with Crippen LogP contribution >= 0.6 is 0 Å². The first-order valence-corrected chi connectivity index (χ1v) is 11.2. The number of nitrogens with zero attached hydrogens (tertiary/aromatic N) is 1. The van der Waals surface area contributed by atoms with E-state index in [0.717, 1.165) is 37.5 Å². The van der Waals surface area contributed by atoms with Crippen molar-refractivity contribution in [3.63, 3.8) is 0 Å². The second-order valence-electron chi connectivity index (χ2n) is 6.97. The zero-order valence-corrected chi connectivity index (χ0v) is 17.6. The van der Waals surface area contributed by atoms with Gasteiger partial charge in [-0.3, -0.25) is 0 Å². The maximum absolute atomic E-state index is 12.8. The molecule has 1 aromatic rings. The molecule has 1 fully saturated rings. The second kappa shape index (κ2) is 10.5. The van der Waals surface area contributed by atoms with Gasteiger partial charge in [0.15, 0.2) is 11.5 Å². The first-order chi connectivity index (χ1) is 13.3. The molecule has 0 unspecified atom stereocenters. The quantitative estimate of drug-likeness (QED) is 0.624. The van der Waals surface area contributed by atoms with Crippen molar-refractivity contribution in [2.45, 2.75) is 44.7 Å². The molecule has 0 aliphatic heterocycles. The number of benzene rings is 1. The fourth-order valence-corrected chi connectivity index (χ4v) is 3.69. The number of amides is 2. The molecule has 1 saturated carbocycles. The molecule has 1 N–H and O–H groups in total. The van der Waals surface area contributed by atoms with Crippen molar-refractivity contribution in [3.8, 4) is 11.5 Å². The van der Waals surface area contributed by atoms with Crippen LogP contribution in [0.3, 0.4) is 0 Å². The molecule has 0 bridgehead atoms. The lowest BCUT2D eigenvalue weighted by Crippen LogP contribution is -2.46. The minimum Gasteiger partial charge on any atom is -0.493 e. The van der Waals surface area contributed by atoms with Gasteiger partial charge in [-0.05, 0) is 30.5 Å². The highest BCUT2D eigenvalue weighted by Crippen LogP contribution is 2.29. The van der Waals surface area contributed by atoms with Crippen LogP contribution < -0.4 is 14.2 Å². The minimum absolute atomic E-state index is 0.0990. The highest BCUT2D eigenvalue weighted by molar-refractivity contribution is 7.86. The van der Waals surface area contributed by atoms with E-state index in [1.807, 2.05) is 0 Å². The molecule has 8 nitrogen and oxygen atoms in total. The van der Waals surface area contributed by atoms with Crippen molar-refractivity contribution in [2.24, 2.45) is 0 Å². The molecule has 28 heavy (non-hydrogen) atoms. The predicted molar refractivity (Wildman–Crippen MR) is 106 cm³/mol. The van der Waals surface area contributed by atoms with Crippen LogP contribution in [0.25, 0.3) is 0 Å². The van der Waals surface area contributed by atoms with Crippen molar-refractivity contribution < 1.29 is 26.9 Å². The molecule has 9 heteroatoms. The van der Waals surface area contributed by atoms with Crippen LogP contribution in [0, 0.1) is 0 Å². The second-order valence-corrected chi connectivity index (χ2v) is 8.55. The van der Waals surface area contributed by atoms with Crippen LogP contribution in [0.4, 0.5) is 4.79 Å². The standard InChI is InChI=1S/C19H30N2O6S/c1-25-12-11-21(19(22)20-16-7-5-4-6-8-16)14-15-9-10-17(26-2)18(13-15)27-28(3,23)24/h9-10,13,16H,4-8,11-12,14H2,1-3H3,(H,20,22). The molecule has 0 radical (unpaired) electrons. The SMILES string of the molecule is COCCN(Cc1ccc(OC)c(OS(C)(=O)=O)c1)C(=O)NC1CCCCC1. The average Bonchev–Trinajstić information content (AvgIpc) is 2.64. The van der Waals surface area contributed by atoms with Crippen molar-refractivity contribution in [2.75, 3.05) is 33.6 Å². The van der Waals surface area contributed by atoms with Crippen molar-refractivity contribution in [1.29, 1.82) is 0 Å². The van der Waals surface area contributed by atoms with E-state index in [4.69, 9.17) is 13.7 Å². The van der Waals surface area contributed by atoms with Crippen LogP contribution in [0.2, 0.25) is 0 Å². The molecule has 1 aliphatic carbocycles. The summed E-state index contributed by atoms with van der Waals surface area (Å²) in [6.07, 6.45) is 6.45. The summed E-state index contributed by atoms with van der Waals surface area (Å²) in [6, 6.07) is 5.04. The first-order valence-electron chi connectivity index (χ1n) is 9.43. The average molecular weight is 415 g/mol. The zero-order chi connectivity index (χ0) is 20.6. The maximum atomic E-state index is 12.8. The Morgan fingerprint density at radius 1 is 1.18 bits per heavy atom. The minimum atomic E-state index is -3.70. The van der Waals surface area contributed by atoms with Gasteiger partial charge in [0.2, 0.25) is 0 Å². The van der Waals surface area contributed by atoms with Gasteiger partial charge in [0, 0.05) is 26.2 Å². The maximum Gasteiger partial charge on any atom is 0.317 e. The molecule has 0 heterocycles. The summed E-state index contributed by atoms with van der Waals surface area (Å²) in [5.74, 6) is 0.408. The van der Waals surface area contributed by atoms with E-state index in [9.17, 15) is 13.2 Å². The molecule has 0 spiro atoms.